The van der Waals surface area contributed by atoms with Crippen molar-refractivity contribution in [2.24, 2.45) is 0 Å². The van der Waals surface area contributed by atoms with Gasteiger partial charge in [0.25, 0.3) is 0 Å². The van der Waals surface area contributed by atoms with E-state index in [2.05, 4.69) is 4.98 Å². The Labute approximate surface area is 247 Å². The Morgan fingerprint density at radius 1 is 0.951 bits per heavy atom. The summed E-state index contributed by atoms with van der Waals surface area (Å²) in [4.78, 5) is 6.61. The number of thioether (sulfide) groups is 1. The molecule has 0 fully saturated rings. The molecule has 0 amide bonds. The van der Waals surface area contributed by atoms with Gasteiger partial charge in [-0.1, -0.05) is 43.3 Å². The molecular weight excluding hydrogens is 574 g/mol. The molecule has 0 atom stereocenters. The van der Waals surface area contributed by atoms with Gasteiger partial charge >= 0.3 is 0 Å². The fourth-order valence-electron chi connectivity index (χ4n) is 4.62. The number of methoxy groups -OCH3 is 1. The first-order valence-corrected chi connectivity index (χ1v) is 14.4. The molecule has 3 aromatic carbocycles. The smallest absolute Gasteiger partial charge is 0.173 e. The van der Waals surface area contributed by atoms with Crippen molar-refractivity contribution in [2.45, 2.75) is 43.0 Å². The molecule has 4 rings (SSSR count). The lowest BCUT2D eigenvalue weighted by Crippen LogP contribution is -2.23. The lowest BCUT2D eigenvalue weighted by molar-refractivity contribution is 0.386. The van der Waals surface area contributed by atoms with Gasteiger partial charge in [0.05, 0.1) is 29.7 Å². The molecule has 0 aliphatic carbocycles. The highest BCUT2D eigenvalue weighted by atomic mass is 35.5. The standard InChI is InChI=1S/C31H32ClF4N3OS/c1-31(2,20-8-10-24(33)23(32)15-20)29-17-37-30(39(29)21-9-11-25(34)28(16-21)40-5)41-18-22-26(35)13-19(14-27(22)36)7-6-12-38(3)4/h8-11,13-17H,6-7,12,18H2,1-5H3. The maximum Gasteiger partial charge on any atom is 0.173 e. The fourth-order valence-corrected chi connectivity index (χ4v) is 5.81. The molecule has 0 aliphatic rings. The number of hydrogen-bond acceptors (Lipinski definition) is 4. The highest BCUT2D eigenvalue weighted by molar-refractivity contribution is 7.98. The van der Waals surface area contributed by atoms with Crippen molar-refractivity contribution in [3.8, 4) is 11.4 Å². The minimum absolute atomic E-state index is 0.0178. The topological polar surface area (TPSA) is 30.3 Å². The van der Waals surface area contributed by atoms with Gasteiger partial charge in [0.15, 0.2) is 16.7 Å². The van der Waals surface area contributed by atoms with E-state index in [0.29, 0.717) is 28.5 Å². The van der Waals surface area contributed by atoms with Crippen LogP contribution in [0, 0.1) is 23.3 Å². The van der Waals surface area contributed by atoms with Crippen molar-refractivity contribution >= 4 is 23.4 Å². The van der Waals surface area contributed by atoms with Crippen molar-refractivity contribution in [3.63, 3.8) is 0 Å². The quantitative estimate of drug-likeness (QED) is 0.127. The van der Waals surface area contributed by atoms with Gasteiger partial charge in [0, 0.05) is 22.8 Å². The van der Waals surface area contributed by atoms with E-state index in [1.165, 1.54) is 37.4 Å². The van der Waals surface area contributed by atoms with Crippen LogP contribution in [0.1, 0.15) is 42.7 Å². The number of nitrogens with zero attached hydrogens (tertiary/aromatic N) is 3. The predicted octanol–water partition coefficient (Wildman–Crippen LogP) is 8.20. The van der Waals surface area contributed by atoms with Crippen LogP contribution in [0.5, 0.6) is 5.75 Å². The Bertz CT molecular complexity index is 1520. The first-order valence-electron chi connectivity index (χ1n) is 13.0. The van der Waals surface area contributed by atoms with E-state index in [0.717, 1.165) is 30.3 Å². The SMILES string of the molecule is COc1cc(-n2c(C(C)(C)c3ccc(F)c(Cl)c3)cnc2SCc2c(F)cc(CCCN(C)C)cc2F)ccc1F. The number of aromatic nitrogens is 2. The van der Waals surface area contributed by atoms with E-state index in [4.69, 9.17) is 16.3 Å². The van der Waals surface area contributed by atoms with E-state index in [9.17, 15) is 8.78 Å². The maximum atomic E-state index is 15.1. The van der Waals surface area contributed by atoms with Crippen LogP contribution in [0.3, 0.4) is 0 Å². The molecule has 1 aromatic heterocycles. The monoisotopic (exact) mass is 605 g/mol. The van der Waals surface area contributed by atoms with E-state index in [1.54, 1.807) is 29.0 Å². The molecule has 0 saturated heterocycles. The molecule has 10 heteroatoms. The van der Waals surface area contributed by atoms with Gasteiger partial charge in [-0.25, -0.2) is 22.5 Å². The second-order valence-corrected chi connectivity index (χ2v) is 11.9. The Kier molecular flexibility index (Phi) is 9.72. The number of aryl methyl sites for hydroxylation is 1. The zero-order valence-corrected chi connectivity index (χ0v) is 25.1. The molecule has 4 aromatic rings. The van der Waals surface area contributed by atoms with Gasteiger partial charge in [-0.15, -0.1) is 0 Å². The first-order chi connectivity index (χ1) is 19.4. The van der Waals surface area contributed by atoms with Crippen LogP contribution in [0.2, 0.25) is 5.02 Å². The minimum Gasteiger partial charge on any atom is -0.494 e. The van der Waals surface area contributed by atoms with Crippen LogP contribution in [-0.4, -0.2) is 42.2 Å². The average Bonchev–Trinajstić information content (AvgIpc) is 3.34. The molecule has 0 aliphatic heterocycles. The largest absolute Gasteiger partial charge is 0.494 e. The van der Waals surface area contributed by atoms with Gasteiger partial charge < -0.3 is 9.64 Å². The Morgan fingerprint density at radius 2 is 1.63 bits per heavy atom. The molecule has 0 radical (unpaired) electrons. The number of imidazole rings is 1. The van der Waals surface area contributed by atoms with Crippen LogP contribution in [0.15, 0.2) is 59.9 Å². The van der Waals surface area contributed by atoms with Crippen molar-refractivity contribution < 1.29 is 22.3 Å². The normalized spacial score (nSPS) is 11.9. The van der Waals surface area contributed by atoms with Crippen LogP contribution in [0.4, 0.5) is 17.6 Å². The van der Waals surface area contributed by atoms with Gasteiger partial charge in [-0.3, -0.25) is 4.57 Å². The zero-order valence-electron chi connectivity index (χ0n) is 23.6. The number of benzene rings is 3. The predicted molar refractivity (Wildman–Crippen MR) is 156 cm³/mol. The third-order valence-corrected chi connectivity index (χ3v) is 8.29. The van der Waals surface area contributed by atoms with Crippen molar-refractivity contribution in [1.82, 2.24) is 14.5 Å². The number of ether oxygens (including phenoxy) is 1. The highest BCUT2D eigenvalue weighted by Gasteiger charge is 2.30. The molecule has 1 heterocycles. The summed E-state index contributed by atoms with van der Waals surface area (Å²) in [5, 5.41) is 0.416. The van der Waals surface area contributed by atoms with Gasteiger partial charge in [0.2, 0.25) is 0 Å². The Balaban J connectivity index is 1.72. The van der Waals surface area contributed by atoms with Crippen LogP contribution in [0.25, 0.3) is 5.69 Å². The summed E-state index contributed by atoms with van der Waals surface area (Å²) in [6.07, 6.45) is 3.01. The summed E-state index contributed by atoms with van der Waals surface area (Å²) in [5.41, 5.74) is 1.75. The molecule has 0 spiro atoms. The van der Waals surface area contributed by atoms with Crippen molar-refractivity contribution in [3.05, 3.63) is 105 Å². The molecule has 0 bridgehead atoms. The van der Waals surface area contributed by atoms with E-state index < -0.39 is 28.7 Å². The third kappa shape index (κ3) is 6.90. The first kappa shape index (κ1) is 30.9. The van der Waals surface area contributed by atoms with E-state index in [-0.39, 0.29) is 22.1 Å². The second-order valence-electron chi connectivity index (χ2n) is 10.6. The summed E-state index contributed by atoms with van der Waals surface area (Å²) >= 11 is 7.24. The van der Waals surface area contributed by atoms with Crippen LogP contribution < -0.4 is 4.74 Å². The molecule has 0 N–H and O–H groups in total. The minimum atomic E-state index is -0.741. The zero-order chi connectivity index (χ0) is 29.9. The third-order valence-electron chi connectivity index (χ3n) is 7.02. The molecule has 41 heavy (non-hydrogen) atoms. The number of halogens is 5. The molecular formula is C31H32ClF4N3OS. The lowest BCUT2D eigenvalue weighted by Gasteiger charge is -2.28. The van der Waals surface area contributed by atoms with Gasteiger partial charge in [-0.05, 0) is 81.0 Å². The summed E-state index contributed by atoms with van der Waals surface area (Å²) in [6.45, 7) is 4.67. The average molecular weight is 606 g/mol. The summed E-state index contributed by atoms with van der Waals surface area (Å²) < 4.78 is 65.4. The molecule has 4 nitrogen and oxygen atoms in total. The summed E-state index contributed by atoms with van der Waals surface area (Å²) in [6, 6.07) is 11.7. The fraction of sp³-hybridized carbons (Fsp3) is 0.323. The van der Waals surface area contributed by atoms with Crippen LogP contribution >= 0.6 is 23.4 Å². The number of rotatable bonds is 11. The van der Waals surface area contributed by atoms with Crippen molar-refractivity contribution in [1.29, 1.82) is 0 Å². The second kappa shape index (κ2) is 12.9. The van der Waals surface area contributed by atoms with Crippen LogP contribution in [-0.2, 0) is 17.6 Å². The summed E-state index contributed by atoms with van der Waals surface area (Å²) in [7, 11) is 5.27. The van der Waals surface area contributed by atoms with Crippen molar-refractivity contribution in [2.75, 3.05) is 27.7 Å². The van der Waals surface area contributed by atoms with Gasteiger partial charge in [-0.2, -0.15) is 0 Å². The Morgan fingerprint density at radius 3 is 2.27 bits per heavy atom. The number of hydrogen-bond donors (Lipinski definition) is 0. The van der Waals surface area contributed by atoms with E-state index in [1.807, 2.05) is 32.8 Å². The maximum absolute atomic E-state index is 15.1. The summed E-state index contributed by atoms with van der Waals surface area (Å²) in [5.74, 6) is -2.28. The van der Waals surface area contributed by atoms with Gasteiger partial charge in [0.1, 0.15) is 17.5 Å². The molecule has 218 valence electrons. The molecule has 0 saturated carbocycles. The van der Waals surface area contributed by atoms with E-state index >= 15 is 8.78 Å². The highest BCUT2D eigenvalue weighted by Crippen LogP contribution is 2.39. The lowest BCUT2D eigenvalue weighted by atomic mass is 9.81. The Hall–Kier alpha value is -3.01. The molecule has 0 unspecified atom stereocenters.